The average molecular weight is 1060 g/mol. The largest absolute Gasteiger partial charge is 0.507 e. The van der Waals surface area contributed by atoms with Gasteiger partial charge in [-0.25, -0.2) is 4.98 Å². The quantitative estimate of drug-likeness (QED) is 0.163. The van der Waals surface area contributed by atoms with Crippen LogP contribution in [0.5, 0.6) is 11.5 Å². The van der Waals surface area contributed by atoms with Gasteiger partial charge in [0.15, 0.2) is 0 Å². The predicted molar refractivity (Wildman–Crippen MR) is 277 cm³/mol. The van der Waals surface area contributed by atoms with E-state index >= 15 is 0 Å². The van der Waals surface area contributed by atoms with Crippen molar-refractivity contribution in [3.05, 3.63) is 134 Å². The van der Waals surface area contributed by atoms with Gasteiger partial charge in [0.2, 0.25) is 0 Å². The molecule has 0 bridgehead atoms. The predicted octanol–water partition coefficient (Wildman–Crippen LogP) is 17.6. The molecule has 2 N–H and O–H groups in total. The van der Waals surface area contributed by atoms with Crippen molar-refractivity contribution in [3.8, 4) is 77.1 Å². The molecule has 0 aliphatic heterocycles. The molecule has 0 spiro atoms. The monoisotopic (exact) mass is 1070 g/mol. The van der Waals surface area contributed by atoms with Crippen molar-refractivity contribution in [2.45, 2.75) is 144 Å². The van der Waals surface area contributed by atoms with E-state index in [1.807, 2.05) is 48.7 Å². The first-order valence-electron chi connectivity index (χ1n) is 23.3. The molecule has 0 fully saturated rings. The Kier molecular flexibility index (Phi) is 13.4. The summed E-state index contributed by atoms with van der Waals surface area (Å²) in [6.45, 7) is 31.8. The Morgan fingerprint density at radius 2 is 0.754 bits per heavy atom. The first-order valence-corrected chi connectivity index (χ1v) is 25.0. The van der Waals surface area contributed by atoms with Crippen molar-refractivity contribution in [3.63, 3.8) is 0 Å². The maximum atomic E-state index is 12.4. The third kappa shape index (κ3) is 8.48. The second kappa shape index (κ2) is 17.8. The molecule has 2 aliphatic rings. The molecule has 4 aromatic carbocycles. The number of fused-ring (bicyclic) bond motifs is 2. The van der Waals surface area contributed by atoms with E-state index in [1.54, 1.807) is 0 Å². The molecular weight excluding hydrogens is 997 g/mol. The molecule has 0 atom stereocenters. The average Bonchev–Trinajstić information content (AvgIpc) is 3.83. The van der Waals surface area contributed by atoms with Gasteiger partial charge >= 0.3 is 0 Å². The van der Waals surface area contributed by atoms with Crippen molar-refractivity contribution in [1.82, 2.24) is 4.98 Å². The van der Waals surface area contributed by atoms with Gasteiger partial charge in [0.25, 0.3) is 0 Å². The molecule has 9 rings (SSSR count). The van der Waals surface area contributed by atoms with E-state index in [0.29, 0.717) is 11.5 Å². The summed E-state index contributed by atoms with van der Waals surface area (Å²) in [5.74, 6) is 0.614. The summed E-state index contributed by atoms with van der Waals surface area (Å²) in [7, 11) is 0. The second-order valence-corrected chi connectivity index (χ2v) is 23.0. The van der Waals surface area contributed by atoms with Gasteiger partial charge in [-0.15, -0.1) is 22.7 Å². The third-order valence-electron chi connectivity index (χ3n) is 14.4. The Morgan fingerprint density at radius 1 is 0.431 bits per heavy atom. The van der Waals surface area contributed by atoms with Crippen LogP contribution in [0.2, 0.25) is 0 Å². The van der Waals surface area contributed by atoms with E-state index in [4.69, 9.17) is 4.98 Å². The summed E-state index contributed by atoms with van der Waals surface area (Å²) in [6.07, 6.45) is 4.61. The Morgan fingerprint density at radius 3 is 1.11 bits per heavy atom. The van der Waals surface area contributed by atoms with Gasteiger partial charge in [-0.3, -0.25) is 0 Å². The molecule has 0 saturated heterocycles. The van der Waals surface area contributed by atoms with E-state index in [0.717, 1.165) is 92.7 Å². The number of hydrogen-bond acceptors (Lipinski definition) is 5. The fourth-order valence-electron chi connectivity index (χ4n) is 10.8. The van der Waals surface area contributed by atoms with Gasteiger partial charge in [-0.2, -0.15) is 0 Å². The van der Waals surface area contributed by atoms with Gasteiger partial charge in [0, 0.05) is 78.7 Å². The summed E-state index contributed by atoms with van der Waals surface area (Å²) in [5.41, 5.74) is 16.9. The molecule has 7 aromatic rings. The summed E-state index contributed by atoms with van der Waals surface area (Å²) in [6, 6.07) is 31.4. The fraction of sp³-hybridized carbons (Fsp3) is 0.373. The zero-order valence-corrected chi connectivity index (χ0v) is 46.4. The fourth-order valence-corrected chi connectivity index (χ4v) is 14.1. The molecular formula is C59H67HfNO2S2. The minimum absolute atomic E-state index is 0. The minimum Gasteiger partial charge on any atom is -0.507 e. The number of phenols is 2. The van der Waals surface area contributed by atoms with E-state index < -0.39 is 0 Å². The number of benzene rings is 4. The summed E-state index contributed by atoms with van der Waals surface area (Å²) >= 11 is 3.74. The topological polar surface area (TPSA) is 53.4 Å². The number of pyridine rings is 1. The van der Waals surface area contributed by atoms with Gasteiger partial charge < -0.3 is 10.2 Å². The molecule has 3 nitrogen and oxygen atoms in total. The van der Waals surface area contributed by atoms with Crippen molar-refractivity contribution >= 4 is 22.7 Å². The molecule has 0 radical (unpaired) electrons. The number of hydrogen-bond donors (Lipinski definition) is 2. The van der Waals surface area contributed by atoms with Crippen LogP contribution in [0.3, 0.4) is 0 Å². The van der Waals surface area contributed by atoms with E-state index in [9.17, 15) is 10.2 Å². The van der Waals surface area contributed by atoms with Crippen molar-refractivity contribution in [2.75, 3.05) is 0 Å². The van der Waals surface area contributed by atoms with Crippen LogP contribution >= 0.6 is 22.7 Å². The number of aromatic nitrogens is 1. The number of thiophene rings is 2. The standard InChI is InChI=1S/C57H61NO2S2.C2H6.Hf/c1-32-28-40(48(59)42(30-32)50-34(3)46-52(61-50)56(9,10)26-24-54(46,5)6)36-18-13-15-20-38(36)44-22-17-23-45(58-44)39-21-16-14-19-37(39)41-29-33(2)31-43(49(41)60)51-35(4)47-53(62-51)57(11,12)27-25-55(47,7)8;1-2;/h13-23,28-31,59-60H,24-27H2,1-12H3;1-2H3;. The van der Waals surface area contributed by atoms with Crippen LogP contribution in [0.15, 0.2) is 91.0 Å². The molecule has 0 unspecified atom stereocenters. The molecule has 2 aliphatic carbocycles. The van der Waals surface area contributed by atoms with Crippen LogP contribution < -0.4 is 0 Å². The van der Waals surface area contributed by atoms with Crippen molar-refractivity contribution in [1.29, 1.82) is 0 Å². The number of nitrogens with zero attached hydrogens (tertiary/aromatic N) is 1. The molecule has 3 aromatic heterocycles. The molecule has 65 heavy (non-hydrogen) atoms. The Hall–Kier alpha value is -4.10. The maximum absolute atomic E-state index is 12.4. The van der Waals surface area contributed by atoms with Gasteiger partial charge in [0.1, 0.15) is 11.5 Å². The van der Waals surface area contributed by atoms with Crippen molar-refractivity contribution in [2.24, 2.45) is 0 Å². The normalized spacial score (nSPS) is 16.4. The van der Waals surface area contributed by atoms with Crippen LogP contribution in [0.4, 0.5) is 0 Å². The first kappa shape index (κ1) is 48.8. The number of phenolic OH excluding ortho intramolecular Hbond substituents is 2. The summed E-state index contributed by atoms with van der Waals surface area (Å²) in [4.78, 5) is 10.6. The smallest absolute Gasteiger partial charge is 0.132 e. The molecule has 336 valence electrons. The minimum atomic E-state index is 0. The maximum Gasteiger partial charge on any atom is 0.132 e. The van der Waals surface area contributed by atoms with Crippen LogP contribution in [0.1, 0.15) is 138 Å². The Balaban J connectivity index is 0.00000207. The van der Waals surface area contributed by atoms with E-state index in [1.165, 1.54) is 41.8 Å². The zero-order chi connectivity index (χ0) is 46.3. The van der Waals surface area contributed by atoms with Crippen molar-refractivity contribution < 1.29 is 36.1 Å². The zero-order valence-electron chi connectivity index (χ0n) is 41.1. The molecule has 3 heterocycles. The number of aryl methyl sites for hydroxylation is 2. The molecule has 0 amide bonds. The van der Waals surface area contributed by atoms with Gasteiger partial charge in [-0.1, -0.05) is 124 Å². The van der Waals surface area contributed by atoms with E-state index in [2.05, 4.69) is 162 Å². The third-order valence-corrected chi connectivity index (χ3v) is 17.7. The SMILES string of the molecule is CC.Cc1cc(-c2ccccc2-c2cccc(-c3ccccc3-c3cc(C)cc(-c4sc5c(c4C)C(C)(C)CCC5(C)C)c3O)n2)c(O)c(-c2sc3c(c2C)C(C)(C)CCC3(C)C)c1.[Hf]. The second-order valence-electron chi connectivity index (χ2n) is 21.0. The number of aromatic hydroxyl groups is 2. The van der Waals surface area contributed by atoms with Crippen LogP contribution in [-0.4, -0.2) is 15.2 Å². The molecule has 0 saturated carbocycles. The van der Waals surface area contributed by atoms with Gasteiger partial charge in [-0.05, 0) is 156 Å². The van der Waals surface area contributed by atoms with Crippen LogP contribution in [0, 0.1) is 27.7 Å². The van der Waals surface area contributed by atoms with E-state index in [-0.39, 0.29) is 47.5 Å². The molecule has 6 heteroatoms. The Bertz CT molecular complexity index is 2750. The Labute approximate surface area is 416 Å². The summed E-state index contributed by atoms with van der Waals surface area (Å²) < 4.78 is 0. The number of rotatable bonds is 6. The van der Waals surface area contributed by atoms with Crippen LogP contribution in [-0.2, 0) is 47.5 Å². The summed E-state index contributed by atoms with van der Waals surface area (Å²) in [5, 5.41) is 24.7. The van der Waals surface area contributed by atoms with Crippen LogP contribution in [0.25, 0.3) is 65.6 Å². The first-order chi connectivity index (χ1) is 30.2. The van der Waals surface area contributed by atoms with Gasteiger partial charge in [0.05, 0.1) is 11.4 Å².